The molecule has 0 unspecified atom stereocenters. The Hall–Kier alpha value is -1.88. The second kappa shape index (κ2) is 6.52. The zero-order valence-corrected chi connectivity index (χ0v) is 12.7. The monoisotopic (exact) mass is 334 g/mol. The quantitative estimate of drug-likeness (QED) is 0.645. The summed E-state index contributed by atoms with van der Waals surface area (Å²) >= 11 is 3.30. The lowest BCUT2D eigenvalue weighted by molar-refractivity contribution is -0.385. The number of nitro benzene ring substituents is 1. The van der Waals surface area contributed by atoms with E-state index in [2.05, 4.69) is 40.3 Å². The van der Waals surface area contributed by atoms with Crippen molar-refractivity contribution < 1.29 is 4.92 Å². The number of non-ortho nitro benzene ring substituents is 1. The van der Waals surface area contributed by atoms with Gasteiger partial charge >= 0.3 is 0 Å². The highest BCUT2D eigenvalue weighted by Gasteiger charge is 2.08. The third-order valence-electron chi connectivity index (χ3n) is 2.99. The lowest BCUT2D eigenvalue weighted by Gasteiger charge is -2.08. The summed E-state index contributed by atoms with van der Waals surface area (Å²) in [5, 5.41) is 14.1. The van der Waals surface area contributed by atoms with E-state index in [4.69, 9.17) is 0 Å². The van der Waals surface area contributed by atoms with Crippen molar-refractivity contribution in [1.29, 1.82) is 0 Å². The number of aryl methyl sites for hydroxylation is 1. The standard InChI is InChI=1S/C15H15BrN2O2/c1-2-11-4-3-5-14(7-11)17-10-12-6-13(16)9-15(8-12)18(19)20/h3-9,17H,2,10H2,1H3. The first-order valence-electron chi connectivity index (χ1n) is 6.35. The van der Waals surface area contributed by atoms with Gasteiger partial charge in [-0.25, -0.2) is 0 Å². The summed E-state index contributed by atoms with van der Waals surface area (Å²) < 4.78 is 0.714. The van der Waals surface area contributed by atoms with Crippen LogP contribution in [0.25, 0.3) is 0 Å². The van der Waals surface area contributed by atoms with Crippen molar-refractivity contribution in [3.8, 4) is 0 Å². The summed E-state index contributed by atoms with van der Waals surface area (Å²) in [4.78, 5) is 10.4. The maximum Gasteiger partial charge on any atom is 0.270 e. The van der Waals surface area contributed by atoms with Crippen LogP contribution in [0.4, 0.5) is 11.4 Å². The molecule has 0 aliphatic carbocycles. The molecule has 4 nitrogen and oxygen atoms in total. The van der Waals surface area contributed by atoms with E-state index in [1.807, 2.05) is 18.2 Å². The Labute approximate surface area is 126 Å². The highest BCUT2D eigenvalue weighted by molar-refractivity contribution is 9.10. The lowest BCUT2D eigenvalue weighted by Crippen LogP contribution is -2.01. The van der Waals surface area contributed by atoms with Crippen LogP contribution in [0, 0.1) is 10.1 Å². The predicted octanol–water partition coefficient (Wildman–Crippen LogP) is 4.53. The summed E-state index contributed by atoms with van der Waals surface area (Å²) in [7, 11) is 0. The molecule has 5 heteroatoms. The van der Waals surface area contributed by atoms with Crippen LogP contribution >= 0.6 is 15.9 Å². The van der Waals surface area contributed by atoms with Crippen molar-refractivity contribution in [1.82, 2.24) is 0 Å². The van der Waals surface area contributed by atoms with Gasteiger partial charge in [0.2, 0.25) is 0 Å². The summed E-state index contributed by atoms with van der Waals surface area (Å²) in [5.74, 6) is 0. The Morgan fingerprint density at radius 1 is 1.20 bits per heavy atom. The zero-order valence-electron chi connectivity index (χ0n) is 11.1. The molecule has 0 fully saturated rings. The average Bonchev–Trinajstić information content (AvgIpc) is 2.44. The van der Waals surface area contributed by atoms with Gasteiger partial charge in [0.25, 0.3) is 5.69 Å². The second-order valence-electron chi connectivity index (χ2n) is 4.48. The van der Waals surface area contributed by atoms with Crippen LogP contribution in [-0.4, -0.2) is 4.92 Å². The van der Waals surface area contributed by atoms with E-state index in [0.29, 0.717) is 11.0 Å². The number of nitro groups is 1. The van der Waals surface area contributed by atoms with Gasteiger partial charge in [-0.15, -0.1) is 0 Å². The highest BCUT2D eigenvalue weighted by Crippen LogP contribution is 2.22. The number of anilines is 1. The number of hydrogen-bond donors (Lipinski definition) is 1. The Bertz CT molecular complexity index is 629. The fourth-order valence-corrected chi connectivity index (χ4v) is 2.47. The van der Waals surface area contributed by atoms with E-state index in [0.717, 1.165) is 17.7 Å². The highest BCUT2D eigenvalue weighted by atomic mass is 79.9. The van der Waals surface area contributed by atoms with E-state index < -0.39 is 0 Å². The van der Waals surface area contributed by atoms with Crippen LogP contribution in [0.2, 0.25) is 0 Å². The molecule has 0 aromatic heterocycles. The third kappa shape index (κ3) is 3.81. The average molecular weight is 335 g/mol. The molecule has 0 radical (unpaired) electrons. The molecule has 0 aliphatic rings. The first kappa shape index (κ1) is 14.5. The summed E-state index contributed by atoms with van der Waals surface area (Å²) in [6.07, 6.45) is 0.984. The number of rotatable bonds is 5. The molecular weight excluding hydrogens is 320 g/mol. The van der Waals surface area contributed by atoms with Crippen molar-refractivity contribution in [3.63, 3.8) is 0 Å². The van der Waals surface area contributed by atoms with E-state index >= 15 is 0 Å². The van der Waals surface area contributed by atoms with Crippen LogP contribution in [0.5, 0.6) is 0 Å². The summed E-state index contributed by atoms with van der Waals surface area (Å²) in [6.45, 7) is 2.66. The van der Waals surface area contributed by atoms with Crippen molar-refractivity contribution in [2.75, 3.05) is 5.32 Å². The topological polar surface area (TPSA) is 55.2 Å². The molecule has 104 valence electrons. The molecule has 0 atom stereocenters. The zero-order chi connectivity index (χ0) is 14.5. The maximum atomic E-state index is 10.8. The van der Waals surface area contributed by atoms with Crippen LogP contribution in [0.3, 0.4) is 0 Å². The van der Waals surface area contributed by atoms with E-state index in [-0.39, 0.29) is 10.6 Å². The van der Waals surface area contributed by atoms with Gasteiger partial charge in [0.15, 0.2) is 0 Å². The lowest BCUT2D eigenvalue weighted by atomic mass is 10.1. The van der Waals surface area contributed by atoms with Crippen molar-refractivity contribution in [2.24, 2.45) is 0 Å². The molecule has 1 N–H and O–H groups in total. The Kier molecular flexibility index (Phi) is 4.74. The molecule has 2 rings (SSSR count). The van der Waals surface area contributed by atoms with Crippen LogP contribution in [0.1, 0.15) is 18.1 Å². The van der Waals surface area contributed by atoms with E-state index in [1.165, 1.54) is 11.6 Å². The molecule has 0 heterocycles. The number of benzene rings is 2. The van der Waals surface area contributed by atoms with Crippen molar-refractivity contribution in [3.05, 3.63) is 68.2 Å². The molecule has 0 amide bonds. The molecule has 2 aromatic rings. The smallest absolute Gasteiger partial charge is 0.270 e. The number of halogens is 1. The predicted molar refractivity (Wildman–Crippen MR) is 83.9 cm³/mol. The summed E-state index contributed by atoms with van der Waals surface area (Å²) in [5.41, 5.74) is 3.24. The van der Waals surface area contributed by atoms with Crippen LogP contribution < -0.4 is 5.32 Å². The number of hydrogen-bond acceptors (Lipinski definition) is 3. The fraction of sp³-hybridized carbons (Fsp3) is 0.200. The number of nitrogens with zero attached hydrogens (tertiary/aromatic N) is 1. The minimum absolute atomic E-state index is 0.0958. The van der Waals surface area contributed by atoms with Crippen molar-refractivity contribution >= 4 is 27.3 Å². The van der Waals surface area contributed by atoms with Gasteiger partial charge in [0.05, 0.1) is 4.92 Å². The maximum absolute atomic E-state index is 10.8. The van der Waals surface area contributed by atoms with Gasteiger partial charge in [-0.05, 0) is 35.7 Å². The Morgan fingerprint density at radius 3 is 2.70 bits per heavy atom. The molecule has 0 aliphatic heterocycles. The largest absolute Gasteiger partial charge is 0.381 e. The van der Waals surface area contributed by atoms with Gasteiger partial charge in [0.1, 0.15) is 0 Å². The van der Waals surface area contributed by atoms with Crippen LogP contribution in [0.15, 0.2) is 46.9 Å². The third-order valence-corrected chi connectivity index (χ3v) is 3.44. The molecule has 20 heavy (non-hydrogen) atoms. The Balaban J connectivity index is 2.12. The van der Waals surface area contributed by atoms with Gasteiger partial charge in [-0.1, -0.05) is 35.0 Å². The van der Waals surface area contributed by atoms with E-state index in [1.54, 1.807) is 6.07 Å². The van der Waals surface area contributed by atoms with Gasteiger partial charge in [0, 0.05) is 28.8 Å². The summed E-state index contributed by atoms with van der Waals surface area (Å²) in [6, 6.07) is 13.1. The van der Waals surface area contributed by atoms with Crippen LogP contribution in [-0.2, 0) is 13.0 Å². The fourth-order valence-electron chi connectivity index (χ4n) is 1.95. The Morgan fingerprint density at radius 2 is 2.00 bits per heavy atom. The van der Waals surface area contributed by atoms with Gasteiger partial charge in [-0.2, -0.15) is 0 Å². The SMILES string of the molecule is CCc1cccc(NCc2cc(Br)cc([N+](=O)[O-])c2)c1. The number of nitrogens with one attached hydrogen (secondary N) is 1. The van der Waals surface area contributed by atoms with Crippen molar-refractivity contribution in [2.45, 2.75) is 19.9 Å². The molecule has 0 saturated heterocycles. The first-order valence-corrected chi connectivity index (χ1v) is 7.14. The minimum Gasteiger partial charge on any atom is -0.381 e. The molecule has 2 aromatic carbocycles. The molecular formula is C15H15BrN2O2. The second-order valence-corrected chi connectivity index (χ2v) is 5.40. The minimum atomic E-state index is -0.383. The normalized spacial score (nSPS) is 10.3. The molecule has 0 bridgehead atoms. The van der Waals surface area contributed by atoms with Gasteiger partial charge < -0.3 is 5.32 Å². The first-order chi connectivity index (χ1) is 9.58. The molecule has 0 spiro atoms. The van der Waals surface area contributed by atoms with Gasteiger partial charge in [-0.3, -0.25) is 10.1 Å². The molecule has 0 saturated carbocycles. The van der Waals surface area contributed by atoms with E-state index in [9.17, 15) is 10.1 Å².